The molecule has 1 saturated heterocycles. The number of likely N-dealkylation sites (tertiary alicyclic amines) is 1. The molecule has 1 aliphatic rings. The van der Waals surface area contributed by atoms with E-state index in [0.29, 0.717) is 25.4 Å². The van der Waals surface area contributed by atoms with Gasteiger partial charge in [-0.1, -0.05) is 30.3 Å². The Morgan fingerprint density at radius 3 is 1.75 bits per heavy atom. The molecule has 170 valence electrons. The van der Waals surface area contributed by atoms with E-state index in [2.05, 4.69) is 0 Å². The highest BCUT2D eigenvalue weighted by atomic mass is 16.6. The monoisotopic (exact) mass is 441 g/mol. The minimum absolute atomic E-state index is 0.331. The molecule has 0 radical (unpaired) electrons. The van der Waals surface area contributed by atoms with Crippen LogP contribution in [0, 0.1) is 0 Å². The van der Waals surface area contributed by atoms with Crippen LogP contribution in [0.5, 0.6) is 11.5 Å². The lowest BCUT2D eigenvalue weighted by molar-refractivity contribution is -0.195. The van der Waals surface area contributed by atoms with E-state index in [-0.39, 0.29) is 0 Å². The van der Waals surface area contributed by atoms with E-state index in [9.17, 15) is 14.4 Å². The van der Waals surface area contributed by atoms with Gasteiger partial charge in [-0.25, -0.2) is 0 Å². The number of nitrogens with zero attached hydrogens (tertiary/aromatic N) is 1. The molecule has 2 aromatic rings. The van der Waals surface area contributed by atoms with Crippen molar-refractivity contribution in [3.05, 3.63) is 60.2 Å². The van der Waals surface area contributed by atoms with Gasteiger partial charge in [-0.2, -0.15) is 0 Å². The zero-order chi connectivity index (χ0) is 23.1. The van der Waals surface area contributed by atoms with Gasteiger partial charge in [-0.15, -0.1) is 0 Å². The van der Waals surface area contributed by atoms with Crippen molar-refractivity contribution in [1.29, 1.82) is 0 Å². The first-order chi connectivity index (χ1) is 15.3. The summed E-state index contributed by atoms with van der Waals surface area (Å²) in [7, 11) is 0. The molecule has 32 heavy (non-hydrogen) atoms. The topological polar surface area (TPSA) is 91.4 Å². The van der Waals surface area contributed by atoms with Crippen molar-refractivity contribution in [2.24, 2.45) is 0 Å². The van der Waals surface area contributed by atoms with Crippen LogP contribution in [-0.2, 0) is 35.1 Å². The van der Waals surface area contributed by atoms with Crippen LogP contribution in [-0.4, -0.2) is 54.2 Å². The highest BCUT2D eigenvalue weighted by Gasteiger charge is 2.43. The van der Waals surface area contributed by atoms with Gasteiger partial charge in [0.15, 0.2) is 18.3 Å². The molecular formula is C24H27NO7. The summed E-state index contributed by atoms with van der Waals surface area (Å²) >= 11 is 0. The van der Waals surface area contributed by atoms with Gasteiger partial charge >= 0.3 is 17.9 Å². The molecule has 0 amide bonds. The van der Waals surface area contributed by atoms with E-state index >= 15 is 0 Å². The standard InChI is InChI=1S/C24H27NO7/c1-16(26)29-22-14-25(15-23(30-17(2)27)24(22)31-18(3)28)13-19-9-11-21(12-10-19)32-20-7-5-4-6-8-20/h4-12,22-24H,13-15H2,1-3H3. The van der Waals surface area contributed by atoms with E-state index in [1.807, 2.05) is 59.5 Å². The second-order valence-electron chi connectivity index (χ2n) is 7.62. The number of para-hydroxylation sites is 1. The molecule has 0 saturated carbocycles. The summed E-state index contributed by atoms with van der Waals surface area (Å²) in [6.45, 7) is 5.02. The molecule has 0 spiro atoms. The Kier molecular flexibility index (Phi) is 7.83. The van der Waals surface area contributed by atoms with Crippen LogP contribution in [0.4, 0.5) is 0 Å². The highest BCUT2D eigenvalue weighted by molar-refractivity contribution is 5.68. The summed E-state index contributed by atoms with van der Waals surface area (Å²) in [4.78, 5) is 36.8. The lowest BCUT2D eigenvalue weighted by atomic mass is 10.00. The zero-order valence-electron chi connectivity index (χ0n) is 18.4. The number of ether oxygens (including phenoxy) is 4. The Balaban J connectivity index is 1.71. The van der Waals surface area contributed by atoms with Crippen LogP contribution < -0.4 is 4.74 Å². The molecule has 2 atom stereocenters. The van der Waals surface area contributed by atoms with Crippen molar-refractivity contribution < 1.29 is 33.3 Å². The number of benzene rings is 2. The Morgan fingerprint density at radius 2 is 1.25 bits per heavy atom. The third-order valence-electron chi connectivity index (χ3n) is 4.85. The predicted octanol–water partition coefficient (Wildman–Crippen LogP) is 3.09. The lowest BCUT2D eigenvalue weighted by Crippen LogP contribution is -2.58. The molecule has 3 rings (SSSR count). The number of piperidine rings is 1. The van der Waals surface area contributed by atoms with Crippen molar-refractivity contribution >= 4 is 17.9 Å². The van der Waals surface area contributed by atoms with Gasteiger partial charge in [0.05, 0.1) is 0 Å². The smallest absolute Gasteiger partial charge is 0.303 e. The van der Waals surface area contributed by atoms with Crippen LogP contribution in [0.3, 0.4) is 0 Å². The minimum Gasteiger partial charge on any atom is -0.457 e. The van der Waals surface area contributed by atoms with Crippen LogP contribution in [0.1, 0.15) is 26.3 Å². The molecule has 2 unspecified atom stereocenters. The fourth-order valence-corrected chi connectivity index (χ4v) is 3.68. The van der Waals surface area contributed by atoms with Crippen LogP contribution in [0.2, 0.25) is 0 Å². The quantitative estimate of drug-likeness (QED) is 0.478. The molecule has 0 aliphatic carbocycles. The first-order valence-electron chi connectivity index (χ1n) is 10.4. The molecule has 0 bridgehead atoms. The first kappa shape index (κ1) is 23.3. The molecule has 0 aromatic heterocycles. The molecule has 1 heterocycles. The maximum absolute atomic E-state index is 11.6. The summed E-state index contributed by atoms with van der Waals surface area (Å²) in [5, 5.41) is 0. The van der Waals surface area contributed by atoms with Gasteiger partial charge in [0.1, 0.15) is 11.5 Å². The molecule has 8 nitrogen and oxygen atoms in total. The van der Waals surface area contributed by atoms with Crippen molar-refractivity contribution in [2.75, 3.05) is 13.1 Å². The number of carbonyl (C=O) groups excluding carboxylic acids is 3. The summed E-state index contributed by atoms with van der Waals surface area (Å²) in [6.07, 6.45) is -2.37. The third kappa shape index (κ3) is 6.81. The van der Waals surface area contributed by atoms with Crippen molar-refractivity contribution in [1.82, 2.24) is 4.90 Å². The molecular weight excluding hydrogens is 414 g/mol. The molecule has 0 N–H and O–H groups in total. The lowest BCUT2D eigenvalue weighted by Gasteiger charge is -2.41. The summed E-state index contributed by atoms with van der Waals surface area (Å²) in [6, 6.07) is 17.1. The van der Waals surface area contributed by atoms with E-state index in [4.69, 9.17) is 18.9 Å². The fraction of sp³-hybridized carbons (Fsp3) is 0.375. The minimum atomic E-state index is -0.863. The van der Waals surface area contributed by atoms with Gasteiger partial charge < -0.3 is 18.9 Å². The van der Waals surface area contributed by atoms with Crippen molar-refractivity contribution in [2.45, 2.75) is 45.6 Å². The van der Waals surface area contributed by atoms with Crippen molar-refractivity contribution in [3.63, 3.8) is 0 Å². The number of hydrogen-bond acceptors (Lipinski definition) is 8. The second kappa shape index (κ2) is 10.8. The molecule has 1 fully saturated rings. The summed E-state index contributed by atoms with van der Waals surface area (Å²) < 4.78 is 22.0. The Hall–Kier alpha value is -3.39. The SMILES string of the molecule is CC(=O)OC1CN(Cc2ccc(Oc3ccccc3)cc2)CC(OC(C)=O)C1OC(C)=O. The Bertz CT molecular complexity index is 903. The van der Waals surface area contributed by atoms with Crippen LogP contribution in [0.15, 0.2) is 54.6 Å². The van der Waals surface area contributed by atoms with E-state index < -0.39 is 36.2 Å². The maximum atomic E-state index is 11.6. The van der Waals surface area contributed by atoms with Gasteiger partial charge in [0.25, 0.3) is 0 Å². The van der Waals surface area contributed by atoms with E-state index in [1.54, 1.807) is 0 Å². The van der Waals surface area contributed by atoms with Crippen LogP contribution in [0.25, 0.3) is 0 Å². The Labute approximate surface area is 187 Å². The normalized spacial score (nSPS) is 20.8. The highest BCUT2D eigenvalue weighted by Crippen LogP contribution is 2.25. The Morgan fingerprint density at radius 1 is 0.750 bits per heavy atom. The van der Waals surface area contributed by atoms with Crippen molar-refractivity contribution in [3.8, 4) is 11.5 Å². The average molecular weight is 441 g/mol. The number of carbonyl (C=O) groups is 3. The fourth-order valence-electron chi connectivity index (χ4n) is 3.68. The predicted molar refractivity (Wildman–Crippen MR) is 115 cm³/mol. The van der Waals surface area contributed by atoms with Crippen LogP contribution >= 0.6 is 0 Å². The zero-order valence-corrected chi connectivity index (χ0v) is 18.4. The van der Waals surface area contributed by atoms with E-state index in [1.165, 1.54) is 20.8 Å². The molecule has 1 aliphatic heterocycles. The average Bonchev–Trinajstić information content (AvgIpc) is 2.72. The number of hydrogen-bond donors (Lipinski definition) is 0. The molecule has 2 aromatic carbocycles. The number of esters is 3. The number of rotatable bonds is 7. The van der Waals surface area contributed by atoms with E-state index in [0.717, 1.165) is 11.3 Å². The second-order valence-corrected chi connectivity index (χ2v) is 7.62. The summed E-state index contributed by atoms with van der Waals surface area (Å²) in [5.74, 6) is -0.0759. The van der Waals surface area contributed by atoms with Gasteiger partial charge in [-0.3, -0.25) is 19.3 Å². The first-order valence-corrected chi connectivity index (χ1v) is 10.4. The largest absolute Gasteiger partial charge is 0.457 e. The summed E-state index contributed by atoms with van der Waals surface area (Å²) in [5.41, 5.74) is 1.000. The van der Waals surface area contributed by atoms with Gasteiger partial charge in [-0.05, 0) is 29.8 Å². The third-order valence-corrected chi connectivity index (χ3v) is 4.85. The maximum Gasteiger partial charge on any atom is 0.303 e. The van der Waals surface area contributed by atoms with Gasteiger partial charge in [0.2, 0.25) is 0 Å². The molecule has 8 heteroatoms. The van der Waals surface area contributed by atoms with Gasteiger partial charge in [0, 0.05) is 40.4 Å².